The van der Waals surface area contributed by atoms with Crippen LogP contribution in [-0.4, -0.2) is 55.8 Å². The van der Waals surface area contributed by atoms with Gasteiger partial charge in [0.1, 0.15) is 0 Å². The summed E-state index contributed by atoms with van der Waals surface area (Å²) in [4.78, 5) is 34.1. The number of carboxylic acids is 1. The number of hydrogen-bond acceptors (Lipinski definition) is 7. The normalized spacial score (nSPS) is 9.87. The van der Waals surface area contributed by atoms with E-state index in [2.05, 4.69) is 10.1 Å². The van der Waals surface area contributed by atoms with Crippen LogP contribution >= 0.6 is 11.8 Å². The maximum Gasteiger partial charge on any atom is 0.340 e. The molecule has 9 heteroatoms. The fourth-order valence-electron chi connectivity index (χ4n) is 1.68. The second-order valence-corrected chi connectivity index (χ2v) is 5.16. The molecule has 0 saturated carbocycles. The number of carbonyl (C=O) groups excluding carboxylic acids is 2. The third-order valence-corrected chi connectivity index (χ3v) is 3.58. The van der Waals surface area contributed by atoms with Crippen molar-refractivity contribution in [1.82, 2.24) is 0 Å². The van der Waals surface area contributed by atoms with Gasteiger partial charge in [0.25, 0.3) is 0 Å². The highest BCUT2D eigenvalue weighted by Gasteiger charge is 2.19. The number of rotatable bonds is 8. The lowest BCUT2D eigenvalue weighted by Gasteiger charge is -2.14. The summed E-state index contributed by atoms with van der Waals surface area (Å²) in [5.74, 6) is -1.73. The van der Waals surface area contributed by atoms with E-state index >= 15 is 0 Å². The monoisotopic (exact) mass is 343 g/mol. The lowest BCUT2D eigenvalue weighted by molar-refractivity contribution is -0.133. The molecular weight excluding hydrogens is 326 g/mol. The number of amides is 1. The number of benzene rings is 1. The van der Waals surface area contributed by atoms with Gasteiger partial charge in [0.05, 0.1) is 44.1 Å². The number of anilines is 1. The molecule has 0 spiro atoms. The van der Waals surface area contributed by atoms with Crippen molar-refractivity contribution in [3.8, 4) is 11.5 Å². The molecule has 8 nitrogen and oxygen atoms in total. The SMILES string of the molecule is COC(=O)c1cc(OC)c(OC)cc1NC(=O)CSCC(=O)O. The molecule has 1 amide bonds. The Morgan fingerprint density at radius 3 is 2.22 bits per heavy atom. The smallest absolute Gasteiger partial charge is 0.340 e. The summed E-state index contributed by atoms with van der Waals surface area (Å²) in [6.45, 7) is 0. The largest absolute Gasteiger partial charge is 0.493 e. The van der Waals surface area contributed by atoms with Crippen molar-refractivity contribution in [3.63, 3.8) is 0 Å². The third kappa shape index (κ3) is 5.37. The first-order valence-corrected chi connectivity index (χ1v) is 7.52. The molecule has 0 fully saturated rings. The highest BCUT2D eigenvalue weighted by Crippen LogP contribution is 2.33. The van der Waals surface area contributed by atoms with Crippen LogP contribution in [-0.2, 0) is 14.3 Å². The Hall–Kier alpha value is -2.42. The molecule has 2 N–H and O–H groups in total. The second-order valence-electron chi connectivity index (χ2n) is 4.18. The number of carboxylic acid groups (broad SMARTS) is 1. The summed E-state index contributed by atoms with van der Waals surface area (Å²) in [5.41, 5.74) is 0.289. The molecule has 0 aliphatic carbocycles. The van der Waals surface area contributed by atoms with Gasteiger partial charge in [0, 0.05) is 12.1 Å². The Kier molecular flexibility index (Phi) is 7.20. The van der Waals surface area contributed by atoms with E-state index < -0.39 is 17.8 Å². The van der Waals surface area contributed by atoms with Crippen molar-refractivity contribution in [2.75, 3.05) is 38.2 Å². The van der Waals surface area contributed by atoms with E-state index in [1.165, 1.54) is 33.5 Å². The minimum Gasteiger partial charge on any atom is -0.493 e. The van der Waals surface area contributed by atoms with Gasteiger partial charge >= 0.3 is 11.9 Å². The molecule has 0 aromatic heterocycles. The van der Waals surface area contributed by atoms with Gasteiger partial charge in [-0.1, -0.05) is 0 Å². The fourth-order valence-corrected chi connectivity index (χ4v) is 2.21. The van der Waals surface area contributed by atoms with Crippen LogP contribution in [0.25, 0.3) is 0 Å². The number of ether oxygens (including phenoxy) is 3. The van der Waals surface area contributed by atoms with Crippen molar-refractivity contribution >= 4 is 35.3 Å². The summed E-state index contributed by atoms with van der Waals surface area (Å²) < 4.78 is 14.9. The topological polar surface area (TPSA) is 111 Å². The molecule has 0 heterocycles. The van der Waals surface area contributed by atoms with Gasteiger partial charge < -0.3 is 24.6 Å². The predicted octanol–water partition coefficient (Wildman–Crippen LogP) is 1.25. The van der Waals surface area contributed by atoms with Crippen LogP contribution in [0.1, 0.15) is 10.4 Å². The van der Waals surface area contributed by atoms with Crippen molar-refractivity contribution in [1.29, 1.82) is 0 Å². The van der Waals surface area contributed by atoms with E-state index in [-0.39, 0.29) is 22.8 Å². The number of carbonyl (C=O) groups is 3. The van der Waals surface area contributed by atoms with Gasteiger partial charge in [0.2, 0.25) is 5.91 Å². The van der Waals surface area contributed by atoms with Gasteiger partial charge in [-0.3, -0.25) is 9.59 Å². The van der Waals surface area contributed by atoms with Crippen molar-refractivity contribution < 1.29 is 33.7 Å². The molecule has 0 atom stereocenters. The molecule has 0 saturated heterocycles. The molecule has 1 aromatic rings. The molecule has 23 heavy (non-hydrogen) atoms. The van der Waals surface area contributed by atoms with Crippen LogP contribution in [0.15, 0.2) is 12.1 Å². The quantitative estimate of drug-likeness (QED) is 0.678. The predicted molar refractivity (Wildman–Crippen MR) is 84.5 cm³/mol. The number of hydrogen-bond donors (Lipinski definition) is 2. The first kappa shape index (κ1) is 18.6. The van der Waals surface area contributed by atoms with E-state index in [1.54, 1.807) is 0 Å². The minimum atomic E-state index is -1.01. The number of nitrogens with one attached hydrogen (secondary N) is 1. The molecule has 1 rings (SSSR count). The number of aliphatic carboxylic acids is 1. The zero-order valence-electron chi connectivity index (χ0n) is 12.9. The van der Waals surface area contributed by atoms with Gasteiger partial charge in [-0.25, -0.2) is 4.79 Å². The number of methoxy groups -OCH3 is 3. The molecule has 126 valence electrons. The maximum absolute atomic E-state index is 11.9. The van der Waals surface area contributed by atoms with Gasteiger partial charge in [0.15, 0.2) is 11.5 Å². The average molecular weight is 343 g/mol. The molecule has 0 aliphatic heterocycles. The highest BCUT2D eigenvalue weighted by atomic mass is 32.2. The van der Waals surface area contributed by atoms with Crippen molar-refractivity contribution in [2.24, 2.45) is 0 Å². The second kappa shape index (κ2) is 8.89. The van der Waals surface area contributed by atoms with Crippen LogP contribution in [0, 0.1) is 0 Å². The summed E-state index contributed by atoms with van der Waals surface area (Å²) in [7, 11) is 4.05. The number of thioether (sulfide) groups is 1. The summed E-state index contributed by atoms with van der Waals surface area (Å²) in [5, 5.41) is 11.1. The molecule has 0 aliphatic rings. The number of esters is 1. The standard InChI is InChI=1S/C14H17NO7S/c1-20-10-4-8(14(19)22-3)9(5-11(10)21-2)15-12(16)6-23-7-13(17)18/h4-5H,6-7H2,1-3H3,(H,15,16)(H,17,18). The Morgan fingerprint density at radius 1 is 1.09 bits per heavy atom. The molecule has 0 radical (unpaired) electrons. The highest BCUT2D eigenvalue weighted by molar-refractivity contribution is 8.00. The van der Waals surface area contributed by atoms with Gasteiger partial charge in [-0.05, 0) is 0 Å². The zero-order valence-corrected chi connectivity index (χ0v) is 13.7. The Labute approximate surface area is 137 Å². The van der Waals surface area contributed by atoms with E-state index in [0.29, 0.717) is 11.5 Å². The molecule has 1 aromatic carbocycles. The maximum atomic E-state index is 11.9. The Balaban J connectivity index is 3.00. The Morgan fingerprint density at radius 2 is 1.70 bits per heavy atom. The minimum absolute atomic E-state index is 0.0682. The van der Waals surface area contributed by atoms with Crippen molar-refractivity contribution in [3.05, 3.63) is 17.7 Å². The third-order valence-electron chi connectivity index (χ3n) is 2.66. The van der Waals surface area contributed by atoms with Crippen LogP contribution in [0.3, 0.4) is 0 Å². The molecule has 0 bridgehead atoms. The van der Waals surface area contributed by atoms with Gasteiger partial charge in [-0.15, -0.1) is 11.8 Å². The van der Waals surface area contributed by atoms with Crippen molar-refractivity contribution in [2.45, 2.75) is 0 Å². The lowest BCUT2D eigenvalue weighted by Crippen LogP contribution is -2.18. The summed E-state index contributed by atoms with van der Waals surface area (Å²) >= 11 is 0.943. The summed E-state index contributed by atoms with van der Waals surface area (Å²) in [6, 6.07) is 2.83. The average Bonchev–Trinajstić information content (AvgIpc) is 2.53. The van der Waals surface area contributed by atoms with E-state index in [1.807, 2.05) is 0 Å². The fraction of sp³-hybridized carbons (Fsp3) is 0.357. The van der Waals surface area contributed by atoms with E-state index in [9.17, 15) is 14.4 Å². The van der Waals surface area contributed by atoms with Crippen LogP contribution in [0.2, 0.25) is 0 Å². The van der Waals surface area contributed by atoms with Crippen LogP contribution < -0.4 is 14.8 Å². The molecular formula is C14H17NO7S. The van der Waals surface area contributed by atoms with E-state index in [4.69, 9.17) is 14.6 Å². The molecule has 0 unspecified atom stereocenters. The zero-order chi connectivity index (χ0) is 17.4. The lowest BCUT2D eigenvalue weighted by atomic mass is 10.1. The van der Waals surface area contributed by atoms with Crippen LogP contribution in [0.4, 0.5) is 5.69 Å². The Bertz CT molecular complexity index is 603. The van der Waals surface area contributed by atoms with Crippen LogP contribution in [0.5, 0.6) is 11.5 Å². The summed E-state index contributed by atoms with van der Waals surface area (Å²) in [6.07, 6.45) is 0. The first-order valence-electron chi connectivity index (χ1n) is 6.36. The first-order chi connectivity index (χ1) is 10.9. The van der Waals surface area contributed by atoms with Gasteiger partial charge in [-0.2, -0.15) is 0 Å². The van der Waals surface area contributed by atoms with E-state index in [0.717, 1.165) is 11.8 Å².